The van der Waals surface area contributed by atoms with Crippen LogP contribution in [0.4, 0.5) is 0 Å². The number of hydrogen-bond donors (Lipinski definition) is 2. The number of ether oxygens (including phenoxy) is 1. The molecule has 3 fully saturated rings. The van der Waals surface area contributed by atoms with Crippen molar-refractivity contribution in [1.29, 1.82) is 0 Å². The van der Waals surface area contributed by atoms with Crippen molar-refractivity contribution in [2.24, 2.45) is 5.92 Å². The van der Waals surface area contributed by atoms with Crippen molar-refractivity contribution < 1.29 is 14.3 Å². The van der Waals surface area contributed by atoms with Gasteiger partial charge in [-0.1, -0.05) is 12.7 Å². The van der Waals surface area contributed by atoms with Gasteiger partial charge in [0.25, 0.3) is 5.91 Å². The highest BCUT2D eigenvalue weighted by molar-refractivity contribution is 7.84. The molecule has 96 valence electrons. The number of thiol groups is 1. The van der Waals surface area contributed by atoms with Crippen molar-refractivity contribution in [3.63, 3.8) is 0 Å². The minimum Gasteiger partial charge on any atom is -0.477 e. The fourth-order valence-corrected chi connectivity index (χ4v) is 2.51. The Morgan fingerprint density at radius 1 is 1.56 bits per heavy atom. The lowest BCUT2D eigenvalue weighted by Gasteiger charge is -2.49. The zero-order valence-corrected chi connectivity index (χ0v) is 11.0. The second-order valence-electron chi connectivity index (χ2n) is 4.46. The Morgan fingerprint density at radius 3 is 2.72 bits per heavy atom. The maximum atomic E-state index is 11.8. The topological polar surface area (TPSA) is 55.4 Å². The number of imide groups is 1. The first-order chi connectivity index (χ1) is 8.52. The van der Waals surface area contributed by atoms with Gasteiger partial charge in [-0.25, -0.2) is 0 Å². The Bertz CT molecular complexity index is 473. The van der Waals surface area contributed by atoms with Crippen molar-refractivity contribution in [2.75, 3.05) is 0 Å². The summed E-state index contributed by atoms with van der Waals surface area (Å²) in [7, 11) is 0. The van der Waals surface area contributed by atoms with Crippen LogP contribution in [0.3, 0.4) is 0 Å². The number of piperidine rings is 2. The molecule has 2 aliphatic heterocycles. The normalized spacial score (nSPS) is 31.6. The van der Waals surface area contributed by atoms with Crippen LogP contribution in [0.5, 0.6) is 0 Å². The Morgan fingerprint density at radius 2 is 2.22 bits per heavy atom. The van der Waals surface area contributed by atoms with E-state index in [0.717, 1.165) is 0 Å². The van der Waals surface area contributed by atoms with Gasteiger partial charge in [0, 0.05) is 23.7 Å². The van der Waals surface area contributed by atoms with E-state index in [9.17, 15) is 9.59 Å². The van der Waals surface area contributed by atoms with Crippen LogP contribution in [0.15, 0.2) is 35.5 Å². The van der Waals surface area contributed by atoms with Crippen molar-refractivity contribution >= 4 is 24.4 Å². The molecule has 0 aromatic carbocycles. The number of amides is 2. The molecule has 2 saturated heterocycles. The van der Waals surface area contributed by atoms with Crippen molar-refractivity contribution in [2.45, 2.75) is 25.4 Å². The SMILES string of the molecule is C=C/C=C(S)\C(=C/C)OC12CC(C1)C(=O)NC2=O. The van der Waals surface area contributed by atoms with Gasteiger partial charge in [0.05, 0.1) is 0 Å². The molecule has 0 aromatic rings. The molecule has 3 aliphatic rings. The number of carbonyl (C=O) groups excluding carboxylic acids is 2. The van der Waals surface area contributed by atoms with Gasteiger partial charge in [0.1, 0.15) is 5.76 Å². The Kier molecular flexibility index (Phi) is 3.34. The largest absolute Gasteiger partial charge is 0.477 e. The van der Waals surface area contributed by atoms with Gasteiger partial charge in [-0.05, 0) is 19.1 Å². The Labute approximate surface area is 111 Å². The van der Waals surface area contributed by atoms with E-state index < -0.39 is 5.60 Å². The molecule has 2 amide bonds. The smallest absolute Gasteiger partial charge is 0.270 e. The van der Waals surface area contributed by atoms with E-state index in [1.807, 2.05) is 0 Å². The molecule has 0 radical (unpaired) electrons. The number of nitrogens with one attached hydrogen (secondary N) is 1. The van der Waals surface area contributed by atoms with Crippen LogP contribution < -0.4 is 5.32 Å². The molecule has 5 heteroatoms. The summed E-state index contributed by atoms with van der Waals surface area (Å²) in [5, 5.41) is 2.33. The highest BCUT2D eigenvalue weighted by atomic mass is 32.1. The minimum absolute atomic E-state index is 0.104. The summed E-state index contributed by atoms with van der Waals surface area (Å²) in [6, 6.07) is 0. The molecule has 4 nitrogen and oxygen atoms in total. The second-order valence-corrected chi connectivity index (χ2v) is 4.94. The molecular weight excluding hydrogens is 250 g/mol. The molecule has 18 heavy (non-hydrogen) atoms. The Hall–Kier alpha value is -1.49. The van der Waals surface area contributed by atoms with Gasteiger partial charge in [0.2, 0.25) is 5.91 Å². The predicted octanol–water partition coefficient (Wildman–Crippen LogP) is 1.71. The standard InChI is InChI=1S/C13H15NO3S/c1-3-5-10(18)9(4-2)17-13-6-8(7-13)11(15)14-12(13)16/h3-5,8,18H,1,6-7H2,2H3,(H,14,15,16)/b9-4+,10-5+. The van der Waals surface area contributed by atoms with Crippen LogP contribution in [0.25, 0.3) is 0 Å². The van der Waals surface area contributed by atoms with E-state index in [0.29, 0.717) is 23.5 Å². The average Bonchev–Trinajstić information content (AvgIpc) is 2.26. The summed E-state index contributed by atoms with van der Waals surface area (Å²) < 4.78 is 5.77. The molecule has 2 bridgehead atoms. The van der Waals surface area contributed by atoms with Crippen molar-refractivity contribution in [1.82, 2.24) is 5.32 Å². The third-order valence-corrected chi connectivity index (χ3v) is 3.64. The van der Waals surface area contributed by atoms with E-state index in [2.05, 4.69) is 24.5 Å². The van der Waals surface area contributed by atoms with Crippen molar-refractivity contribution in [3.05, 3.63) is 35.5 Å². The predicted molar refractivity (Wildman–Crippen MR) is 70.7 cm³/mol. The van der Waals surface area contributed by atoms with E-state index in [1.165, 1.54) is 0 Å². The first-order valence-electron chi connectivity index (χ1n) is 5.75. The molecule has 1 aliphatic carbocycles. The molecule has 0 unspecified atom stereocenters. The van der Waals surface area contributed by atoms with Gasteiger partial charge in [-0.15, -0.1) is 12.6 Å². The first-order valence-corrected chi connectivity index (χ1v) is 6.20. The van der Waals surface area contributed by atoms with Gasteiger partial charge in [-0.3, -0.25) is 14.9 Å². The molecule has 0 aromatic heterocycles. The molecule has 3 rings (SSSR count). The van der Waals surface area contributed by atoms with E-state index in [-0.39, 0.29) is 17.7 Å². The maximum absolute atomic E-state index is 11.8. The van der Waals surface area contributed by atoms with Crippen LogP contribution in [-0.4, -0.2) is 17.4 Å². The number of carbonyl (C=O) groups is 2. The molecule has 2 heterocycles. The van der Waals surface area contributed by atoms with Crippen LogP contribution in [0, 0.1) is 5.92 Å². The highest BCUT2D eigenvalue weighted by Gasteiger charge is 2.60. The number of allylic oxidation sites excluding steroid dienone is 3. The summed E-state index contributed by atoms with van der Waals surface area (Å²) in [5.74, 6) is -0.122. The minimum atomic E-state index is -0.899. The lowest BCUT2D eigenvalue weighted by atomic mass is 9.66. The van der Waals surface area contributed by atoms with Crippen molar-refractivity contribution in [3.8, 4) is 0 Å². The van der Waals surface area contributed by atoms with Gasteiger partial charge >= 0.3 is 0 Å². The van der Waals surface area contributed by atoms with E-state index >= 15 is 0 Å². The van der Waals surface area contributed by atoms with Crippen LogP contribution in [0.1, 0.15) is 19.8 Å². The summed E-state index contributed by atoms with van der Waals surface area (Å²) in [6.07, 6.45) is 5.93. The summed E-state index contributed by atoms with van der Waals surface area (Å²) >= 11 is 4.28. The molecule has 0 atom stereocenters. The highest BCUT2D eigenvalue weighted by Crippen LogP contribution is 2.46. The monoisotopic (exact) mass is 265 g/mol. The van der Waals surface area contributed by atoms with Crippen LogP contribution in [0.2, 0.25) is 0 Å². The molecule has 0 spiro atoms. The molecule has 1 N–H and O–H groups in total. The second kappa shape index (κ2) is 4.65. The fraction of sp³-hybridized carbons (Fsp3) is 0.385. The number of fused-ring (bicyclic) bond motifs is 2. The lowest BCUT2D eigenvalue weighted by molar-refractivity contribution is -0.176. The summed E-state index contributed by atoms with van der Waals surface area (Å²) in [4.78, 5) is 23.8. The first kappa shape index (κ1) is 13.0. The lowest BCUT2D eigenvalue weighted by Crippen LogP contribution is -2.67. The molecule has 1 saturated carbocycles. The van der Waals surface area contributed by atoms with Crippen LogP contribution in [-0.2, 0) is 14.3 Å². The van der Waals surface area contributed by atoms with E-state index in [4.69, 9.17) is 4.74 Å². The average molecular weight is 265 g/mol. The summed E-state index contributed by atoms with van der Waals surface area (Å²) in [5.41, 5.74) is -0.899. The third-order valence-electron chi connectivity index (χ3n) is 3.27. The summed E-state index contributed by atoms with van der Waals surface area (Å²) in [6.45, 7) is 5.39. The van der Waals surface area contributed by atoms with Gasteiger partial charge in [-0.2, -0.15) is 0 Å². The van der Waals surface area contributed by atoms with Gasteiger partial charge < -0.3 is 4.74 Å². The van der Waals surface area contributed by atoms with Gasteiger partial charge in [0.15, 0.2) is 5.60 Å². The zero-order valence-electron chi connectivity index (χ0n) is 10.1. The Balaban J connectivity index is 2.15. The zero-order chi connectivity index (χ0) is 13.3. The molecular formula is C13H15NO3S. The maximum Gasteiger partial charge on any atom is 0.270 e. The third kappa shape index (κ3) is 1.99. The van der Waals surface area contributed by atoms with Crippen LogP contribution >= 0.6 is 12.6 Å². The fourth-order valence-electron chi connectivity index (χ4n) is 2.23. The van der Waals surface area contributed by atoms with E-state index in [1.54, 1.807) is 25.2 Å². The number of hydrogen-bond acceptors (Lipinski definition) is 4. The number of rotatable bonds is 4. The quantitative estimate of drug-likeness (QED) is 0.352.